The highest BCUT2D eigenvalue weighted by Crippen LogP contribution is 2.15. The Hall–Kier alpha value is -1.33. The van der Waals surface area contributed by atoms with Crippen molar-refractivity contribution in [1.29, 1.82) is 0 Å². The molecule has 1 unspecified atom stereocenters. The van der Waals surface area contributed by atoms with E-state index in [1.807, 2.05) is 6.07 Å². The van der Waals surface area contributed by atoms with E-state index in [4.69, 9.17) is 5.73 Å². The molecule has 2 heterocycles. The highest BCUT2D eigenvalue weighted by Gasteiger charge is 2.08. The summed E-state index contributed by atoms with van der Waals surface area (Å²) in [5, 5.41) is 0. The van der Waals surface area contributed by atoms with Gasteiger partial charge in [0.25, 0.3) is 0 Å². The number of halogens is 1. The fourth-order valence-corrected chi connectivity index (χ4v) is 1.84. The molecule has 2 N–H and O–H groups in total. The zero-order valence-corrected chi connectivity index (χ0v) is 10.1. The van der Waals surface area contributed by atoms with Crippen molar-refractivity contribution in [3.05, 3.63) is 52.8 Å². The number of rotatable bonds is 3. The van der Waals surface area contributed by atoms with Gasteiger partial charge in [0.15, 0.2) is 0 Å². The largest absolute Gasteiger partial charge is 0.322 e. The van der Waals surface area contributed by atoms with E-state index in [2.05, 4.69) is 30.9 Å². The monoisotopic (exact) mass is 278 g/mol. The number of nitrogens with zero attached hydrogens (tertiary/aromatic N) is 3. The second-order valence-corrected chi connectivity index (χ2v) is 4.37. The summed E-state index contributed by atoms with van der Waals surface area (Å²) in [6.07, 6.45) is 9.23. The molecular formula is C11H11BrN4. The van der Waals surface area contributed by atoms with Gasteiger partial charge in [-0.25, -0.2) is 0 Å². The van der Waals surface area contributed by atoms with E-state index in [0.29, 0.717) is 6.42 Å². The molecule has 0 bridgehead atoms. The van der Waals surface area contributed by atoms with Gasteiger partial charge in [0.2, 0.25) is 0 Å². The van der Waals surface area contributed by atoms with Gasteiger partial charge in [-0.05, 0) is 34.0 Å². The summed E-state index contributed by atoms with van der Waals surface area (Å²) in [6, 6.07) is 1.85. The van der Waals surface area contributed by atoms with E-state index in [-0.39, 0.29) is 6.04 Å². The zero-order valence-electron chi connectivity index (χ0n) is 8.55. The number of hydrogen-bond donors (Lipinski definition) is 1. The molecule has 4 nitrogen and oxygen atoms in total. The fraction of sp³-hybridized carbons (Fsp3) is 0.182. The average molecular weight is 279 g/mol. The van der Waals surface area contributed by atoms with Gasteiger partial charge in [0, 0.05) is 35.5 Å². The Balaban J connectivity index is 2.11. The van der Waals surface area contributed by atoms with E-state index in [1.165, 1.54) is 0 Å². The van der Waals surface area contributed by atoms with Gasteiger partial charge in [-0.15, -0.1) is 0 Å². The first-order valence-electron chi connectivity index (χ1n) is 4.86. The molecule has 0 aliphatic carbocycles. The van der Waals surface area contributed by atoms with Crippen LogP contribution < -0.4 is 5.73 Å². The van der Waals surface area contributed by atoms with E-state index >= 15 is 0 Å². The van der Waals surface area contributed by atoms with Gasteiger partial charge < -0.3 is 5.73 Å². The maximum atomic E-state index is 6.03. The summed E-state index contributed by atoms with van der Waals surface area (Å²) in [4.78, 5) is 12.3. The molecule has 0 aliphatic rings. The Bertz CT molecular complexity index is 461. The highest BCUT2D eigenvalue weighted by molar-refractivity contribution is 9.10. The molecule has 82 valence electrons. The molecule has 0 radical (unpaired) electrons. The second kappa shape index (κ2) is 5.14. The van der Waals surface area contributed by atoms with Crippen molar-refractivity contribution in [2.24, 2.45) is 5.73 Å². The Kier molecular flexibility index (Phi) is 3.58. The number of hydrogen-bond acceptors (Lipinski definition) is 4. The zero-order chi connectivity index (χ0) is 11.4. The van der Waals surface area contributed by atoms with Crippen LogP contribution >= 0.6 is 15.9 Å². The van der Waals surface area contributed by atoms with Crippen LogP contribution in [0.1, 0.15) is 17.3 Å². The quantitative estimate of drug-likeness (QED) is 0.931. The van der Waals surface area contributed by atoms with Crippen LogP contribution in [-0.4, -0.2) is 15.0 Å². The van der Waals surface area contributed by atoms with Gasteiger partial charge in [-0.2, -0.15) is 0 Å². The molecule has 0 amide bonds. The maximum absolute atomic E-state index is 6.03. The summed E-state index contributed by atoms with van der Waals surface area (Å²) in [5.41, 5.74) is 7.90. The first kappa shape index (κ1) is 11.2. The third-order valence-corrected chi connectivity index (χ3v) is 2.61. The Labute approximate surface area is 102 Å². The molecule has 5 heteroatoms. The van der Waals surface area contributed by atoms with Crippen molar-refractivity contribution in [3.8, 4) is 0 Å². The molecule has 2 aromatic heterocycles. The van der Waals surface area contributed by atoms with E-state index < -0.39 is 0 Å². The molecule has 16 heavy (non-hydrogen) atoms. The Morgan fingerprint density at radius 2 is 2.06 bits per heavy atom. The molecule has 0 fully saturated rings. The van der Waals surface area contributed by atoms with Crippen LogP contribution in [0.4, 0.5) is 0 Å². The van der Waals surface area contributed by atoms with Crippen molar-refractivity contribution in [2.75, 3.05) is 0 Å². The third kappa shape index (κ3) is 2.84. The number of nitrogens with two attached hydrogens (primary N) is 1. The van der Waals surface area contributed by atoms with Crippen molar-refractivity contribution >= 4 is 15.9 Å². The molecule has 0 aliphatic heterocycles. The lowest BCUT2D eigenvalue weighted by atomic mass is 10.1. The molecule has 0 spiro atoms. The minimum Gasteiger partial charge on any atom is -0.322 e. The van der Waals surface area contributed by atoms with Crippen LogP contribution in [-0.2, 0) is 6.42 Å². The molecule has 2 rings (SSSR count). The summed E-state index contributed by atoms with van der Waals surface area (Å²) in [5.74, 6) is 0. The lowest BCUT2D eigenvalue weighted by Crippen LogP contribution is -2.15. The molecule has 1 atom stereocenters. The highest BCUT2D eigenvalue weighted by atomic mass is 79.9. The van der Waals surface area contributed by atoms with Crippen LogP contribution in [0.25, 0.3) is 0 Å². The van der Waals surface area contributed by atoms with Crippen molar-refractivity contribution in [2.45, 2.75) is 12.5 Å². The average Bonchev–Trinajstić information content (AvgIpc) is 2.30. The normalized spacial score (nSPS) is 12.4. The van der Waals surface area contributed by atoms with Crippen molar-refractivity contribution in [3.63, 3.8) is 0 Å². The predicted molar refractivity (Wildman–Crippen MR) is 64.6 cm³/mol. The topological polar surface area (TPSA) is 64.7 Å². The smallest absolute Gasteiger partial charge is 0.0757 e. The van der Waals surface area contributed by atoms with E-state index in [0.717, 1.165) is 15.7 Å². The summed E-state index contributed by atoms with van der Waals surface area (Å²) in [6.45, 7) is 0. The Morgan fingerprint density at radius 3 is 2.75 bits per heavy atom. The molecule has 0 aromatic carbocycles. The lowest BCUT2D eigenvalue weighted by Gasteiger charge is -2.10. The molecular weight excluding hydrogens is 268 g/mol. The van der Waals surface area contributed by atoms with Crippen LogP contribution in [0.3, 0.4) is 0 Å². The third-order valence-electron chi connectivity index (χ3n) is 2.18. The second-order valence-electron chi connectivity index (χ2n) is 3.45. The predicted octanol–water partition coefficient (Wildman–Crippen LogP) is 1.88. The molecule has 0 saturated heterocycles. The van der Waals surface area contributed by atoms with Crippen LogP contribution in [0.2, 0.25) is 0 Å². The van der Waals surface area contributed by atoms with Gasteiger partial charge >= 0.3 is 0 Å². The number of pyridine rings is 1. The molecule has 2 aromatic rings. The van der Waals surface area contributed by atoms with Crippen molar-refractivity contribution in [1.82, 2.24) is 15.0 Å². The fourth-order valence-electron chi connectivity index (χ4n) is 1.43. The van der Waals surface area contributed by atoms with E-state index in [1.54, 1.807) is 31.0 Å². The first-order valence-corrected chi connectivity index (χ1v) is 5.66. The summed E-state index contributed by atoms with van der Waals surface area (Å²) in [7, 11) is 0. The van der Waals surface area contributed by atoms with Gasteiger partial charge in [-0.3, -0.25) is 15.0 Å². The maximum Gasteiger partial charge on any atom is 0.0757 e. The summed E-state index contributed by atoms with van der Waals surface area (Å²) < 4.78 is 0.955. The van der Waals surface area contributed by atoms with Gasteiger partial charge in [0.1, 0.15) is 0 Å². The lowest BCUT2D eigenvalue weighted by molar-refractivity contribution is 0.689. The van der Waals surface area contributed by atoms with Crippen LogP contribution in [0.5, 0.6) is 0 Å². The SMILES string of the molecule is NC(Cc1cncc(Br)c1)c1cnccn1. The van der Waals surface area contributed by atoms with E-state index in [9.17, 15) is 0 Å². The van der Waals surface area contributed by atoms with Crippen molar-refractivity contribution < 1.29 is 0 Å². The van der Waals surface area contributed by atoms with Crippen LogP contribution in [0, 0.1) is 0 Å². The van der Waals surface area contributed by atoms with Crippen LogP contribution in [0.15, 0.2) is 41.5 Å². The van der Waals surface area contributed by atoms with Gasteiger partial charge in [0.05, 0.1) is 11.7 Å². The standard InChI is InChI=1S/C11H11BrN4/c12-9-3-8(5-15-6-9)4-10(13)11-7-14-1-2-16-11/h1-3,5-7,10H,4,13H2. The first-order chi connectivity index (χ1) is 7.75. The minimum absolute atomic E-state index is 0.148. The van der Waals surface area contributed by atoms with Gasteiger partial charge in [-0.1, -0.05) is 0 Å². The minimum atomic E-state index is -0.148. The molecule has 0 saturated carbocycles. The summed E-state index contributed by atoms with van der Waals surface area (Å²) >= 11 is 3.38. The number of aromatic nitrogens is 3. The Morgan fingerprint density at radius 1 is 1.19 bits per heavy atom.